The molecule has 0 aliphatic rings. The van der Waals surface area contributed by atoms with Crippen LogP contribution in [-0.2, 0) is 4.79 Å². The van der Waals surface area contributed by atoms with E-state index in [1.165, 1.54) is 12.1 Å². The van der Waals surface area contributed by atoms with Gasteiger partial charge in [-0.3, -0.25) is 4.79 Å². The number of rotatable bonds is 7. The number of methoxy groups -OCH3 is 1. The molecular formula is C20H22FNO3. The Morgan fingerprint density at radius 3 is 2.68 bits per heavy atom. The van der Waals surface area contributed by atoms with Crippen LogP contribution in [0.3, 0.4) is 0 Å². The number of carbonyl (C=O) groups excluding carboxylic acids is 1. The molecule has 2 rings (SSSR count). The molecule has 1 amide bonds. The summed E-state index contributed by atoms with van der Waals surface area (Å²) < 4.78 is 24.6. The molecule has 132 valence electrons. The molecule has 0 atom stereocenters. The summed E-state index contributed by atoms with van der Waals surface area (Å²) in [6.45, 7) is 4.42. The first-order valence-corrected chi connectivity index (χ1v) is 8.09. The summed E-state index contributed by atoms with van der Waals surface area (Å²) in [7, 11) is 1.56. The zero-order valence-electron chi connectivity index (χ0n) is 14.6. The van der Waals surface area contributed by atoms with Crippen molar-refractivity contribution in [1.82, 2.24) is 0 Å². The molecule has 0 saturated carbocycles. The lowest BCUT2D eigenvalue weighted by molar-refractivity contribution is -0.111. The number of aryl methyl sites for hydroxylation is 1. The number of carbonyl (C=O) groups is 1. The van der Waals surface area contributed by atoms with Crippen LogP contribution < -0.4 is 14.8 Å². The molecule has 0 heterocycles. The largest absolute Gasteiger partial charge is 0.493 e. The summed E-state index contributed by atoms with van der Waals surface area (Å²) >= 11 is 0. The Bertz CT molecular complexity index is 772. The van der Waals surface area contributed by atoms with Gasteiger partial charge in [0, 0.05) is 6.08 Å². The Morgan fingerprint density at radius 2 is 2.00 bits per heavy atom. The van der Waals surface area contributed by atoms with Gasteiger partial charge in [0.15, 0.2) is 11.5 Å². The molecule has 0 aliphatic heterocycles. The van der Waals surface area contributed by atoms with Crippen molar-refractivity contribution in [1.29, 1.82) is 0 Å². The molecule has 0 fully saturated rings. The summed E-state index contributed by atoms with van der Waals surface area (Å²) in [6.07, 6.45) is 3.88. The Morgan fingerprint density at radius 1 is 1.20 bits per heavy atom. The van der Waals surface area contributed by atoms with Gasteiger partial charge in [-0.05, 0) is 54.8 Å². The van der Waals surface area contributed by atoms with Gasteiger partial charge >= 0.3 is 0 Å². The maximum atomic E-state index is 13.7. The van der Waals surface area contributed by atoms with E-state index in [1.807, 2.05) is 13.0 Å². The number of amides is 1. The van der Waals surface area contributed by atoms with Crippen LogP contribution in [0.1, 0.15) is 24.5 Å². The van der Waals surface area contributed by atoms with Crippen molar-refractivity contribution in [3.63, 3.8) is 0 Å². The minimum atomic E-state index is -0.458. The summed E-state index contributed by atoms with van der Waals surface area (Å²) in [4.78, 5) is 12.0. The average molecular weight is 343 g/mol. The quantitative estimate of drug-likeness (QED) is 0.748. The van der Waals surface area contributed by atoms with Gasteiger partial charge < -0.3 is 14.8 Å². The number of hydrogen-bond acceptors (Lipinski definition) is 3. The lowest BCUT2D eigenvalue weighted by Gasteiger charge is -2.10. The lowest BCUT2D eigenvalue weighted by atomic mass is 10.2. The van der Waals surface area contributed by atoms with Gasteiger partial charge in [-0.2, -0.15) is 0 Å². The van der Waals surface area contributed by atoms with E-state index in [1.54, 1.807) is 44.4 Å². The van der Waals surface area contributed by atoms with Gasteiger partial charge in [0.25, 0.3) is 0 Å². The minimum Gasteiger partial charge on any atom is -0.493 e. The van der Waals surface area contributed by atoms with Crippen molar-refractivity contribution in [2.24, 2.45) is 0 Å². The highest BCUT2D eigenvalue weighted by molar-refractivity contribution is 6.02. The third kappa shape index (κ3) is 5.35. The molecule has 0 aromatic heterocycles. The predicted octanol–water partition coefficient (Wildman–Crippen LogP) is 4.58. The molecule has 2 aromatic rings. The molecule has 2 aromatic carbocycles. The van der Waals surface area contributed by atoms with E-state index >= 15 is 0 Å². The maximum absolute atomic E-state index is 13.7. The molecule has 0 bridgehead atoms. The van der Waals surface area contributed by atoms with E-state index < -0.39 is 11.7 Å². The first-order chi connectivity index (χ1) is 12.0. The monoisotopic (exact) mass is 343 g/mol. The van der Waals surface area contributed by atoms with E-state index in [2.05, 4.69) is 5.32 Å². The number of nitrogens with one attached hydrogen (secondary N) is 1. The van der Waals surface area contributed by atoms with E-state index in [0.29, 0.717) is 18.1 Å². The van der Waals surface area contributed by atoms with Crippen molar-refractivity contribution in [2.75, 3.05) is 19.0 Å². The molecule has 1 N–H and O–H groups in total. The first kappa shape index (κ1) is 18.5. The smallest absolute Gasteiger partial charge is 0.248 e. The Kier molecular flexibility index (Phi) is 6.57. The van der Waals surface area contributed by atoms with Crippen LogP contribution in [0.25, 0.3) is 6.08 Å². The second kappa shape index (κ2) is 8.87. The van der Waals surface area contributed by atoms with Crippen LogP contribution in [0, 0.1) is 12.7 Å². The molecule has 0 aliphatic carbocycles. The summed E-state index contributed by atoms with van der Waals surface area (Å²) in [5, 5.41) is 2.52. The minimum absolute atomic E-state index is 0.154. The van der Waals surface area contributed by atoms with E-state index in [4.69, 9.17) is 9.47 Å². The zero-order chi connectivity index (χ0) is 18.2. The fourth-order valence-corrected chi connectivity index (χ4v) is 2.19. The normalized spacial score (nSPS) is 10.7. The number of ether oxygens (including phenoxy) is 2. The van der Waals surface area contributed by atoms with Crippen molar-refractivity contribution in [3.8, 4) is 11.5 Å². The fraction of sp³-hybridized carbons (Fsp3) is 0.250. The van der Waals surface area contributed by atoms with Gasteiger partial charge in [0.05, 0.1) is 19.4 Å². The number of halogens is 1. The zero-order valence-corrected chi connectivity index (χ0v) is 14.6. The highest BCUT2D eigenvalue weighted by Crippen LogP contribution is 2.28. The van der Waals surface area contributed by atoms with Gasteiger partial charge in [-0.1, -0.05) is 19.1 Å². The fourth-order valence-electron chi connectivity index (χ4n) is 2.19. The third-order valence-electron chi connectivity index (χ3n) is 3.46. The SMILES string of the molecule is CCCOc1ccc(/C=C/C(=O)Nc2ccc(C)cc2F)cc1OC. The molecule has 0 saturated heterocycles. The van der Waals surface area contributed by atoms with Crippen LogP contribution in [0.2, 0.25) is 0 Å². The Hall–Kier alpha value is -2.82. The second-order valence-electron chi connectivity index (χ2n) is 5.56. The lowest BCUT2D eigenvalue weighted by Crippen LogP contribution is -2.09. The van der Waals surface area contributed by atoms with E-state index in [9.17, 15) is 9.18 Å². The van der Waals surface area contributed by atoms with Gasteiger partial charge in [-0.15, -0.1) is 0 Å². The first-order valence-electron chi connectivity index (χ1n) is 8.09. The van der Waals surface area contributed by atoms with E-state index in [0.717, 1.165) is 17.5 Å². The Balaban J connectivity index is 2.06. The summed E-state index contributed by atoms with van der Waals surface area (Å²) in [5.41, 5.74) is 1.73. The van der Waals surface area contributed by atoms with Crippen LogP contribution in [0.5, 0.6) is 11.5 Å². The summed E-state index contributed by atoms with van der Waals surface area (Å²) in [6, 6.07) is 10.1. The second-order valence-corrected chi connectivity index (χ2v) is 5.56. The molecule has 4 nitrogen and oxygen atoms in total. The Labute approximate surface area is 147 Å². The third-order valence-corrected chi connectivity index (χ3v) is 3.46. The van der Waals surface area contributed by atoms with Crippen LogP contribution in [-0.4, -0.2) is 19.6 Å². The van der Waals surface area contributed by atoms with Gasteiger partial charge in [0.2, 0.25) is 5.91 Å². The van der Waals surface area contributed by atoms with Crippen molar-refractivity contribution in [2.45, 2.75) is 20.3 Å². The highest BCUT2D eigenvalue weighted by atomic mass is 19.1. The van der Waals surface area contributed by atoms with Crippen LogP contribution in [0.15, 0.2) is 42.5 Å². The standard InChI is InChI=1S/C20H22FNO3/c1-4-11-25-18-9-6-15(13-19(18)24-3)7-10-20(23)22-17-8-5-14(2)12-16(17)21/h5-10,12-13H,4,11H2,1-3H3,(H,22,23)/b10-7+. The van der Waals surface area contributed by atoms with Crippen molar-refractivity contribution < 1.29 is 18.7 Å². The summed E-state index contributed by atoms with van der Waals surface area (Å²) in [5.74, 6) is 0.391. The molecule has 5 heteroatoms. The van der Waals surface area contributed by atoms with Crippen molar-refractivity contribution >= 4 is 17.7 Å². The topological polar surface area (TPSA) is 47.6 Å². The average Bonchev–Trinajstić information content (AvgIpc) is 2.60. The van der Waals surface area contributed by atoms with E-state index in [-0.39, 0.29) is 5.69 Å². The molecule has 0 unspecified atom stereocenters. The number of benzene rings is 2. The highest BCUT2D eigenvalue weighted by Gasteiger charge is 2.06. The van der Waals surface area contributed by atoms with Crippen LogP contribution >= 0.6 is 0 Å². The molecule has 0 spiro atoms. The van der Waals surface area contributed by atoms with Gasteiger partial charge in [-0.25, -0.2) is 4.39 Å². The predicted molar refractivity (Wildman–Crippen MR) is 97.6 cm³/mol. The molecule has 25 heavy (non-hydrogen) atoms. The van der Waals surface area contributed by atoms with Crippen LogP contribution in [0.4, 0.5) is 10.1 Å². The number of anilines is 1. The van der Waals surface area contributed by atoms with Crippen molar-refractivity contribution in [3.05, 3.63) is 59.4 Å². The molecular weight excluding hydrogens is 321 g/mol. The molecule has 0 radical (unpaired) electrons. The van der Waals surface area contributed by atoms with Gasteiger partial charge in [0.1, 0.15) is 5.82 Å². The number of hydrogen-bond donors (Lipinski definition) is 1. The maximum Gasteiger partial charge on any atom is 0.248 e.